The Hall–Kier alpha value is -2.42. The van der Waals surface area contributed by atoms with Gasteiger partial charge >= 0.3 is 7.82 Å². The Morgan fingerprint density at radius 2 is 2.00 bits per heavy atom. The largest absolute Gasteiger partial charge is 0.524 e. The van der Waals surface area contributed by atoms with Crippen LogP contribution in [0.25, 0.3) is 11.2 Å². The van der Waals surface area contributed by atoms with Gasteiger partial charge in [0, 0.05) is 6.54 Å². The summed E-state index contributed by atoms with van der Waals surface area (Å²) in [5.41, 5.74) is 0.847. The highest BCUT2D eigenvalue weighted by Crippen LogP contribution is 2.40. The van der Waals surface area contributed by atoms with Crippen LogP contribution in [-0.2, 0) is 15.8 Å². The Morgan fingerprint density at radius 1 is 1.24 bits per heavy atom. The highest BCUT2D eigenvalue weighted by atomic mass is 35.5. The van der Waals surface area contributed by atoms with Gasteiger partial charge in [0.2, 0.25) is 0 Å². The van der Waals surface area contributed by atoms with Gasteiger partial charge < -0.3 is 29.9 Å². The third kappa shape index (κ3) is 4.78. The van der Waals surface area contributed by atoms with Crippen molar-refractivity contribution in [1.29, 1.82) is 0 Å². The number of aliphatic hydroxyl groups excluding tert-OH is 3. The zero-order chi connectivity index (χ0) is 23.9. The van der Waals surface area contributed by atoms with Gasteiger partial charge in [-0.05, 0) is 17.7 Å². The first-order valence-corrected chi connectivity index (χ1v) is 11.3. The molecule has 178 valence electrons. The number of benzene rings is 1. The second-order valence-corrected chi connectivity index (χ2v) is 8.67. The van der Waals surface area contributed by atoms with E-state index in [2.05, 4.69) is 24.8 Å². The van der Waals surface area contributed by atoms with Gasteiger partial charge in [-0.25, -0.2) is 23.9 Å². The molecule has 13 nitrogen and oxygen atoms in total. The average Bonchev–Trinajstić information content (AvgIpc) is 3.30. The summed E-state index contributed by atoms with van der Waals surface area (Å²) in [5.74, 6) is -1.59. The predicted octanol–water partition coefficient (Wildman–Crippen LogP) is 0.314. The molecule has 16 heteroatoms. The van der Waals surface area contributed by atoms with E-state index >= 15 is 0 Å². The number of aliphatic hydroxyl groups is 3. The van der Waals surface area contributed by atoms with Crippen LogP contribution in [0.15, 0.2) is 24.8 Å². The summed E-state index contributed by atoms with van der Waals surface area (Å²) in [6.45, 7) is -0.499. The SMILES string of the molecule is O=P(O)(O)Oc1cc(CNc2ncnc3c2ncn3[C@@H]2O[C@H](CO)[C@@H](O)[C@H]2O)cc(Cl)c1F. The number of phosphoric acid groups is 1. The molecular weight excluding hydrogens is 488 g/mol. The Kier molecular flexibility index (Phi) is 6.53. The van der Waals surface area contributed by atoms with Crippen LogP contribution in [0.2, 0.25) is 5.02 Å². The molecule has 6 N–H and O–H groups in total. The van der Waals surface area contributed by atoms with Crippen LogP contribution in [-0.4, -0.2) is 69.5 Å². The summed E-state index contributed by atoms with van der Waals surface area (Å²) in [7, 11) is -5.01. The number of ether oxygens (including phenoxy) is 1. The predicted molar refractivity (Wildman–Crippen MR) is 110 cm³/mol. The summed E-state index contributed by atoms with van der Waals surface area (Å²) in [4.78, 5) is 30.3. The maximum atomic E-state index is 14.0. The van der Waals surface area contributed by atoms with Crippen LogP contribution in [0.4, 0.5) is 10.2 Å². The van der Waals surface area contributed by atoms with E-state index in [0.717, 1.165) is 6.07 Å². The number of phosphoric ester groups is 1. The number of imidazole rings is 1. The number of hydrogen-bond donors (Lipinski definition) is 6. The van der Waals surface area contributed by atoms with Crippen molar-refractivity contribution in [2.45, 2.75) is 31.1 Å². The van der Waals surface area contributed by atoms with E-state index in [1.165, 1.54) is 23.3 Å². The maximum absolute atomic E-state index is 14.0. The standard InChI is InChI=1S/C17H18ClFN5O8P/c18-8-1-7(2-9(11(8)19)32-33(28,29)30)3-20-15-12-16(22-5-21-15)24(6-23-12)17-14(27)13(26)10(4-25)31-17/h1-2,5-6,10,13-14,17,25-27H,3-4H2,(H,20,21,22)(H2,28,29,30)/t10-,13-,14-,17-/m1/s1. The topological polar surface area (TPSA) is 192 Å². The van der Waals surface area contributed by atoms with Crippen molar-refractivity contribution in [3.63, 3.8) is 0 Å². The smallest absolute Gasteiger partial charge is 0.401 e. The highest BCUT2D eigenvalue weighted by molar-refractivity contribution is 7.46. The minimum Gasteiger partial charge on any atom is -0.401 e. The number of rotatable bonds is 7. The van der Waals surface area contributed by atoms with Gasteiger partial charge in [0.05, 0.1) is 18.0 Å². The lowest BCUT2D eigenvalue weighted by Gasteiger charge is -2.16. The van der Waals surface area contributed by atoms with Crippen LogP contribution in [0, 0.1) is 5.82 Å². The summed E-state index contributed by atoms with van der Waals surface area (Å²) < 4.78 is 36.3. The Labute approximate surface area is 189 Å². The first-order chi connectivity index (χ1) is 15.6. The lowest BCUT2D eigenvalue weighted by Crippen LogP contribution is -2.33. The van der Waals surface area contributed by atoms with E-state index in [0.29, 0.717) is 5.56 Å². The van der Waals surface area contributed by atoms with E-state index in [1.807, 2.05) is 0 Å². The number of nitrogens with one attached hydrogen (secondary N) is 1. The van der Waals surface area contributed by atoms with Crippen molar-refractivity contribution in [2.75, 3.05) is 11.9 Å². The van der Waals surface area contributed by atoms with Crippen molar-refractivity contribution in [2.24, 2.45) is 0 Å². The second-order valence-electron chi connectivity index (χ2n) is 7.10. The monoisotopic (exact) mass is 505 g/mol. The lowest BCUT2D eigenvalue weighted by molar-refractivity contribution is -0.0511. The van der Waals surface area contributed by atoms with E-state index in [9.17, 15) is 24.3 Å². The van der Waals surface area contributed by atoms with Crippen molar-refractivity contribution < 1.29 is 43.3 Å². The number of hydrogen-bond acceptors (Lipinski definition) is 10. The fourth-order valence-electron chi connectivity index (χ4n) is 3.38. The molecule has 1 aromatic carbocycles. The van der Waals surface area contributed by atoms with Crippen molar-refractivity contribution in [3.8, 4) is 5.75 Å². The third-order valence-electron chi connectivity index (χ3n) is 4.88. The molecule has 0 bridgehead atoms. The molecule has 1 saturated heterocycles. The highest BCUT2D eigenvalue weighted by Gasteiger charge is 2.44. The minimum atomic E-state index is -5.01. The molecule has 2 aromatic heterocycles. The molecule has 0 saturated carbocycles. The molecule has 1 fully saturated rings. The van der Waals surface area contributed by atoms with E-state index in [1.54, 1.807) is 0 Å². The van der Waals surface area contributed by atoms with E-state index in [4.69, 9.17) is 26.1 Å². The van der Waals surface area contributed by atoms with Crippen LogP contribution < -0.4 is 9.84 Å². The number of nitrogens with zero attached hydrogens (tertiary/aromatic N) is 4. The van der Waals surface area contributed by atoms with Crippen LogP contribution in [0.5, 0.6) is 5.75 Å². The zero-order valence-electron chi connectivity index (χ0n) is 16.5. The fraction of sp³-hybridized carbons (Fsp3) is 0.353. The average molecular weight is 506 g/mol. The first kappa shape index (κ1) is 23.7. The molecule has 33 heavy (non-hydrogen) atoms. The minimum absolute atomic E-state index is 0.00958. The Bertz CT molecular complexity index is 1230. The van der Waals surface area contributed by atoms with Gasteiger partial charge in [0.15, 0.2) is 34.8 Å². The summed E-state index contributed by atoms with van der Waals surface area (Å²) in [6, 6.07) is 2.32. The maximum Gasteiger partial charge on any atom is 0.524 e. The Morgan fingerprint density at radius 3 is 2.67 bits per heavy atom. The van der Waals surface area contributed by atoms with Gasteiger partial charge in [0.1, 0.15) is 24.6 Å². The number of fused-ring (bicyclic) bond motifs is 1. The van der Waals surface area contributed by atoms with E-state index < -0.39 is 55.6 Å². The molecule has 0 amide bonds. The zero-order valence-corrected chi connectivity index (χ0v) is 18.1. The van der Waals surface area contributed by atoms with Crippen LogP contribution in [0.1, 0.15) is 11.8 Å². The molecule has 1 aliphatic rings. The molecule has 4 rings (SSSR count). The molecule has 0 aliphatic carbocycles. The van der Waals surface area contributed by atoms with Crippen molar-refractivity contribution in [1.82, 2.24) is 19.5 Å². The molecule has 0 spiro atoms. The fourth-order valence-corrected chi connectivity index (χ4v) is 4.00. The molecule has 3 heterocycles. The number of halogens is 2. The number of aromatic nitrogens is 4. The molecule has 4 atom stereocenters. The summed E-state index contributed by atoms with van der Waals surface area (Å²) in [5, 5.41) is 32.1. The van der Waals surface area contributed by atoms with Gasteiger partial charge in [-0.1, -0.05) is 11.6 Å². The van der Waals surface area contributed by atoms with Crippen molar-refractivity contribution in [3.05, 3.63) is 41.2 Å². The summed E-state index contributed by atoms with van der Waals surface area (Å²) in [6.07, 6.45) is -2.12. The molecule has 0 radical (unpaired) electrons. The van der Waals surface area contributed by atoms with Gasteiger partial charge in [-0.3, -0.25) is 14.4 Å². The third-order valence-corrected chi connectivity index (χ3v) is 5.59. The Balaban J connectivity index is 1.58. The molecule has 3 aromatic rings. The molecular formula is C17H18ClFN5O8P. The molecule has 0 unspecified atom stereocenters. The van der Waals surface area contributed by atoms with Crippen molar-refractivity contribution >= 4 is 36.4 Å². The van der Waals surface area contributed by atoms with Gasteiger partial charge in [-0.15, -0.1) is 0 Å². The quantitative estimate of drug-likeness (QED) is 0.241. The first-order valence-electron chi connectivity index (χ1n) is 9.36. The normalized spacial score (nSPS) is 23.2. The van der Waals surface area contributed by atoms with Crippen LogP contribution >= 0.6 is 19.4 Å². The lowest BCUT2D eigenvalue weighted by atomic mass is 10.1. The molecule has 1 aliphatic heterocycles. The van der Waals surface area contributed by atoms with E-state index in [-0.39, 0.29) is 23.5 Å². The summed E-state index contributed by atoms with van der Waals surface area (Å²) >= 11 is 5.80. The second kappa shape index (κ2) is 9.08. The van der Waals surface area contributed by atoms with Gasteiger partial charge in [0.25, 0.3) is 0 Å². The van der Waals surface area contributed by atoms with Gasteiger partial charge in [-0.2, -0.15) is 0 Å². The number of anilines is 1. The van der Waals surface area contributed by atoms with Crippen LogP contribution in [0.3, 0.4) is 0 Å².